The molecule has 13 heavy (non-hydrogen) atoms. The average Bonchev–Trinajstić information content (AvgIpc) is 2.16. The van der Waals surface area contributed by atoms with Crippen LogP contribution in [0.3, 0.4) is 0 Å². The zero-order valence-corrected chi connectivity index (χ0v) is 10.1. The first kappa shape index (κ1) is 13.3. The van der Waals surface area contributed by atoms with Crippen molar-refractivity contribution in [3.63, 3.8) is 0 Å². The smallest absolute Gasteiger partial charge is 0.00786 e. The van der Waals surface area contributed by atoms with Gasteiger partial charge in [-0.25, -0.2) is 0 Å². The summed E-state index contributed by atoms with van der Waals surface area (Å²) in [4.78, 5) is 0. The summed E-state index contributed by atoms with van der Waals surface area (Å²) in [6.45, 7) is 5.51. The highest BCUT2D eigenvalue weighted by Gasteiger charge is 1.90. The number of hydrogen-bond acceptors (Lipinski definition) is 2. The fraction of sp³-hybridized carbons (Fsp3) is 1.00. The van der Waals surface area contributed by atoms with E-state index in [2.05, 4.69) is 18.6 Å². The third-order valence-electron chi connectivity index (χ3n) is 2.10. The van der Waals surface area contributed by atoms with E-state index in [9.17, 15) is 0 Å². The normalized spacial score (nSPS) is 10.6. The van der Waals surface area contributed by atoms with Crippen molar-refractivity contribution in [2.24, 2.45) is 0 Å². The Morgan fingerprint density at radius 3 is 2.08 bits per heavy atom. The SMILES string of the molecule is CCCCCCCCCSNCC. The van der Waals surface area contributed by atoms with Crippen molar-refractivity contribution in [1.29, 1.82) is 0 Å². The Kier molecular flexibility index (Phi) is 12.6. The molecule has 1 N–H and O–H groups in total. The Bertz CT molecular complexity index is 76.2. The van der Waals surface area contributed by atoms with Crippen LogP contribution in [-0.2, 0) is 0 Å². The van der Waals surface area contributed by atoms with Gasteiger partial charge in [-0.1, -0.05) is 64.3 Å². The Morgan fingerprint density at radius 2 is 1.46 bits per heavy atom. The largest absolute Gasteiger partial charge is 0.264 e. The first-order valence-corrected chi connectivity index (χ1v) is 6.75. The Morgan fingerprint density at radius 1 is 0.846 bits per heavy atom. The molecule has 0 radical (unpaired) electrons. The quantitative estimate of drug-likeness (QED) is 0.425. The molecule has 0 saturated carbocycles. The molecule has 0 fully saturated rings. The van der Waals surface area contributed by atoms with Gasteiger partial charge in [-0.3, -0.25) is 4.72 Å². The van der Waals surface area contributed by atoms with Crippen molar-refractivity contribution in [3.05, 3.63) is 0 Å². The molecule has 0 spiro atoms. The first-order valence-electron chi connectivity index (χ1n) is 5.76. The molecule has 0 rings (SSSR count). The summed E-state index contributed by atoms with van der Waals surface area (Å²) in [5.41, 5.74) is 0. The van der Waals surface area contributed by atoms with Crippen LogP contribution in [0.1, 0.15) is 58.8 Å². The highest BCUT2D eigenvalue weighted by Crippen LogP contribution is 2.08. The Labute approximate surface area is 88.2 Å². The van der Waals surface area contributed by atoms with E-state index in [4.69, 9.17) is 0 Å². The van der Waals surface area contributed by atoms with Gasteiger partial charge in [0.05, 0.1) is 0 Å². The predicted octanol–water partition coefficient (Wildman–Crippen LogP) is 3.99. The van der Waals surface area contributed by atoms with Crippen LogP contribution in [0.25, 0.3) is 0 Å². The lowest BCUT2D eigenvalue weighted by Crippen LogP contribution is -2.01. The molecule has 0 atom stereocenters. The summed E-state index contributed by atoms with van der Waals surface area (Å²) in [6.07, 6.45) is 9.90. The van der Waals surface area contributed by atoms with Crippen molar-refractivity contribution >= 4 is 11.9 Å². The minimum absolute atomic E-state index is 1.08. The second-order valence-corrected chi connectivity index (χ2v) is 4.45. The molecule has 2 heteroatoms. The molecule has 0 aromatic heterocycles. The van der Waals surface area contributed by atoms with Gasteiger partial charge in [-0.05, 0) is 6.42 Å². The van der Waals surface area contributed by atoms with Crippen LogP contribution in [0, 0.1) is 0 Å². The molecule has 0 aliphatic carbocycles. The van der Waals surface area contributed by atoms with Crippen LogP contribution >= 0.6 is 11.9 Å². The maximum atomic E-state index is 3.28. The molecule has 0 saturated heterocycles. The van der Waals surface area contributed by atoms with Crippen LogP contribution < -0.4 is 4.72 Å². The standard InChI is InChI=1S/C11H25NS/c1-3-5-6-7-8-9-10-11-13-12-4-2/h12H,3-11H2,1-2H3. The van der Waals surface area contributed by atoms with E-state index in [1.165, 1.54) is 50.7 Å². The summed E-state index contributed by atoms with van der Waals surface area (Å²) in [7, 11) is 0. The minimum atomic E-state index is 1.08. The molecule has 0 heterocycles. The van der Waals surface area contributed by atoms with Gasteiger partial charge in [0.2, 0.25) is 0 Å². The van der Waals surface area contributed by atoms with E-state index in [0.29, 0.717) is 0 Å². The number of rotatable bonds is 10. The molecule has 80 valence electrons. The van der Waals surface area contributed by atoms with Gasteiger partial charge >= 0.3 is 0 Å². The van der Waals surface area contributed by atoms with Crippen molar-refractivity contribution in [1.82, 2.24) is 4.72 Å². The van der Waals surface area contributed by atoms with E-state index in [1.807, 2.05) is 11.9 Å². The monoisotopic (exact) mass is 203 g/mol. The van der Waals surface area contributed by atoms with Crippen molar-refractivity contribution in [3.8, 4) is 0 Å². The van der Waals surface area contributed by atoms with Crippen LogP contribution in [0.2, 0.25) is 0 Å². The summed E-state index contributed by atoms with van der Waals surface area (Å²) >= 11 is 1.87. The van der Waals surface area contributed by atoms with E-state index in [0.717, 1.165) is 6.54 Å². The lowest BCUT2D eigenvalue weighted by Gasteiger charge is -2.01. The van der Waals surface area contributed by atoms with Gasteiger partial charge in [0.25, 0.3) is 0 Å². The number of unbranched alkanes of at least 4 members (excludes halogenated alkanes) is 6. The molecule has 0 aliphatic heterocycles. The fourth-order valence-electron chi connectivity index (χ4n) is 1.31. The second-order valence-electron chi connectivity index (χ2n) is 3.47. The molecule has 0 aromatic carbocycles. The highest BCUT2D eigenvalue weighted by molar-refractivity contribution is 7.97. The van der Waals surface area contributed by atoms with Crippen LogP contribution in [-0.4, -0.2) is 12.3 Å². The summed E-state index contributed by atoms with van der Waals surface area (Å²) in [6, 6.07) is 0. The molecule has 0 unspecified atom stereocenters. The van der Waals surface area contributed by atoms with Crippen molar-refractivity contribution in [2.45, 2.75) is 58.8 Å². The molecule has 0 bridgehead atoms. The van der Waals surface area contributed by atoms with Gasteiger partial charge in [0.15, 0.2) is 0 Å². The predicted molar refractivity (Wildman–Crippen MR) is 64.1 cm³/mol. The lowest BCUT2D eigenvalue weighted by atomic mass is 10.1. The molecule has 0 amide bonds. The third-order valence-corrected chi connectivity index (χ3v) is 3.08. The third kappa shape index (κ3) is 12.3. The van der Waals surface area contributed by atoms with Gasteiger partial charge in [-0.2, -0.15) is 0 Å². The van der Waals surface area contributed by atoms with Gasteiger partial charge in [0, 0.05) is 12.3 Å². The Balaban J connectivity index is 2.76. The average molecular weight is 203 g/mol. The van der Waals surface area contributed by atoms with Crippen LogP contribution in [0.4, 0.5) is 0 Å². The summed E-state index contributed by atoms with van der Waals surface area (Å²) < 4.78 is 3.28. The number of nitrogens with one attached hydrogen (secondary N) is 1. The zero-order chi connectivity index (χ0) is 9.78. The van der Waals surface area contributed by atoms with E-state index in [-0.39, 0.29) is 0 Å². The van der Waals surface area contributed by atoms with Crippen LogP contribution in [0.15, 0.2) is 0 Å². The summed E-state index contributed by atoms with van der Waals surface area (Å²) in [5, 5.41) is 0. The Hall–Kier alpha value is 0.310. The highest BCUT2D eigenvalue weighted by atomic mass is 32.2. The molecule has 0 aromatic rings. The topological polar surface area (TPSA) is 12.0 Å². The zero-order valence-electron chi connectivity index (χ0n) is 9.27. The van der Waals surface area contributed by atoms with Crippen molar-refractivity contribution < 1.29 is 0 Å². The summed E-state index contributed by atoms with van der Waals surface area (Å²) in [5.74, 6) is 1.28. The van der Waals surface area contributed by atoms with E-state index in [1.54, 1.807) is 0 Å². The molecule has 0 aliphatic rings. The minimum Gasteiger partial charge on any atom is -0.264 e. The lowest BCUT2D eigenvalue weighted by molar-refractivity contribution is 0.603. The van der Waals surface area contributed by atoms with Crippen molar-refractivity contribution in [2.75, 3.05) is 12.3 Å². The van der Waals surface area contributed by atoms with E-state index < -0.39 is 0 Å². The maximum absolute atomic E-state index is 3.28. The fourth-order valence-corrected chi connectivity index (χ4v) is 2.00. The first-order chi connectivity index (χ1) is 6.41. The molecular formula is C11H25NS. The van der Waals surface area contributed by atoms with Gasteiger partial charge < -0.3 is 0 Å². The van der Waals surface area contributed by atoms with E-state index >= 15 is 0 Å². The molecular weight excluding hydrogens is 178 g/mol. The van der Waals surface area contributed by atoms with Gasteiger partial charge in [-0.15, -0.1) is 0 Å². The van der Waals surface area contributed by atoms with Gasteiger partial charge in [0.1, 0.15) is 0 Å². The number of hydrogen-bond donors (Lipinski definition) is 1. The second kappa shape index (κ2) is 12.3. The maximum Gasteiger partial charge on any atom is 0.00786 e. The van der Waals surface area contributed by atoms with Crippen LogP contribution in [0.5, 0.6) is 0 Å². The molecule has 1 nitrogen and oxygen atoms in total.